The van der Waals surface area contributed by atoms with Crippen LogP contribution in [0.5, 0.6) is 0 Å². The minimum absolute atomic E-state index is 0.0223. The van der Waals surface area contributed by atoms with Crippen LogP contribution in [0.1, 0.15) is 64.2 Å². The Hall–Kier alpha value is -1.74. The molecule has 1 unspecified atom stereocenters. The number of halogens is 2. The summed E-state index contributed by atoms with van der Waals surface area (Å²) in [6, 6.07) is 4.92. The Labute approximate surface area is 231 Å². The molecular formula is C29H42ClFN4O3. The molecule has 2 aliphatic carbocycles. The van der Waals surface area contributed by atoms with Gasteiger partial charge in [-0.2, -0.15) is 0 Å². The number of anilines is 1. The minimum atomic E-state index is -0.523. The zero-order chi connectivity index (χ0) is 26.6. The summed E-state index contributed by atoms with van der Waals surface area (Å²) in [5.41, 5.74) is 0.168. The summed E-state index contributed by atoms with van der Waals surface area (Å²) in [5, 5.41) is 3.22. The summed E-state index contributed by atoms with van der Waals surface area (Å²) in [5.74, 6) is -0.461. The van der Waals surface area contributed by atoms with Gasteiger partial charge in [0.2, 0.25) is 11.8 Å². The molecule has 5 rings (SSSR count). The Morgan fingerprint density at radius 3 is 2.45 bits per heavy atom. The fourth-order valence-corrected chi connectivity index (χ4v) is 7.73. The SMILES string of the molecule is COCC(=O)N1CCN(C(C(=O)Nc2ccc(Cl)cc2F)C2CCN(C3CCCCC3)CC2)[C@H]2CCC[C@H]21. The maximum Gasteiger partial charge on any atom is 0.248 e. The lowest BCUT2D eigenvalue weighted by Crippen LogP contribution is -2.65. The molecule has 2 saturated carbocycles. The fraction of sp³-hybridized carbons (Fsp3) is 0.724. The summed E-state index contributed by atoms with van der Waals surface area (Å²) in [7, 11) is 1.55. The third kappa shape index (κ3) is 6.03. The third-order valence-corrected chi connectivity index (χ3v) is 9.62. The highest BCUT2D eigenvalue weighted by molar-refractivity contribution is 6.30. The number of likely N-dealkylation sites (tertiary alicyclic amines) is 1. The van der Waals surface area contributed by atoms with Crippen molar-refractivity contribution in [3.63, 3.8) is 0 Å². The van der Waals surface area contributed by atoms with Crippen LogP contribution in [0.4, 0.5) is 10.1 Å². The number of hydrogen-bond donors (Lipinski definition) is 1. The first-order valence-electron chi connectivity index (χ1n) is 14.5. The summed E-state index contributed by atoms with van der Waals surface area (Å²) in [6.07, 6.45) is 11.4. The molecule has 9 heteroatoms. The van der Waals surface area contributed by atoms with E-state index in [4.69, 9.17) is 16.3 Å². The summed E-state index contributed by atoms with van der Waals surface area (Å²) in [6.45, 7) is 3.33. The molecule has 2 saturated heterocycles. The predicted octanol–water partition coefficient (Wildman–Crippen LogP) is 4.54. The van der Waals surface area contributed by atoms with Crippen LogP contribution in [0.2, 0.25) is 5.02 Å². The molecule has 3 atom stereocenters. The van der Waals surface area contributed by atoms with E-state index in [1.807, 2.05) is 4.90 Å². The maximum atomic E-state index is 14.7. The number of hydrogen-bond acceptors (Lipinski definition) is 5. The molecule has 0 aromatic heterocycles. The van der Waals surface area contributed by atoms with Gasteiger partial charge in [0.05, 0.1) is 11.7 Å². The van der Waals surface area contributed by atoms with Gasteiger partial charge in [0.15, 0.2) is 0 Å². The van der Waals surface area contributed by atoms with Crippen LogP contribution in [-0.4, -0.2) is 90.6 Å². The van der Waals surface area contributed by atoms with E-state index in [2.05, 4.69) is 15.1 Å². The Bertz CT molecular complexity index is 983. The lowest BCUT2D eigenvalue weighted by molar-refractivity contribution is -0.144. The monoisotopic (exact) mass is 548 g/mol. The summed E-state index contributed by atoms with van der Waals surface area (Å²) < 4.78 is 19.8. The molecule has 210 valence electrons. The van der Waals surface area contributed by atoms with Gasteiger partial charge in [-0.05, 0) is 82.2 Å². The average Bonchev–Trinajstić information content (AvgIpc) is 3.42. The first-order valence-corrected chi connectivity index (χ1v) is 14.9. The quantitative estimate of drug-likeness (QED) is 0.542. The van der Waals surface area contributed by atoms with Gasteiger partial charge in [-0.15, -0.1) is 0 Å². The minimum Gasteiger partial charge on any atom is -0.375 e. The smallest absolute Gasteiger partial charge is 0.248 e. The lowest BCUT2D eigenvalue weighted by atomic mass is 9.84. The molecule has 2 aliphatic heterocycles. The van der Waals surface area contributed by atoms with Crippen LogP contribution in [0.25, 0.3) is 0 Å². The van der Waals surface area contributed by atoms with Crippen molar-refractivity contribution in [2.75, 3.05) is 45.2 Å². The number of fused-ring (bicyclic) bond motifs is 1. The van der Waals surface area contributed by atoms with Crippen molar-refractivity contribution in [2.24, 2.45) is 5.92 Å². The largest absolute Gasteiger partial charge is 0.375 e. The molecule has 2 amide bonds. The van der Waals surface area contributed by atoms with Crippen LogP contribution < -0.4 is 5.32 Å². The number of ether oxygens (including phenoxy) is 1. The number of nitrogens with one attached hydrogen (secondary N) is 1. The molecule has 0 bridgehead atoms. The molecule has 2 heterocycles. The van der Waals surface area contributed by atoms with Gasteiger partial charge >= 0.3 is 0 Å². The first-order chi connectivity index (χ1) is 18.5. The second-order valence-corrected chi connectivity index (χ2v) is 12.0. The van der Waals surface area contributed by atoms with Crippen molar-refractivity contribution in [2.45, 2.75) is 88.4 Å². The maximum absolute atomic E-state index is 14.7. The van der Waals surface area contributed by atoms with E-state index in [-0.39, 0.29) is 48.2 Å². The van der Waals surface area contributed by atoms with Crippen molar-refractivity contribution in [3.05, 3.63) is 29.0 Å². The van der Waals surface area contributed by atoms with Crippen LogP contribution in [0.3, 0.4) is 0 Å². The molecule has 38 heavy (non-hydrogen) atoms. The normalized spacial score (nSPS) is 26.8. The van der Waals surface area contributed by atoms with Gasteiger partial charge in [-0.25, -0.2) is 4.39 Å². The molecule has 1 N–H and O–H groups in total. The second-order valence-electron chi connectivity index (χ2n) is 11.5. The summed E-state index contributed by atoms with van der Waals surface area (Å²) >= 11 is 5.95. The van der Waals surface area contributed by atoms with Crippen molar-refractivity contribution in [3.8, 4) is 0 Å². The number of nitrogens with zero attached hydrogens (tertiary/aromatic N) is 3. The highest BCUT2D eigenvalue weighted by atomic mass is 35.5. The van der Waals surface area contributed by atoms with E-state index in [9.17, 15) is 14.0 Å². The molecule has 4 aliphatic rings. The molecule has 1 aromatic rings. The van der Waals surface area contributed by atoms with Crippen LogP contribution in [-0.2, 0) is 14.3 Å². The van der Waals surface area contributed by atoms with Crippen molar-refractivity contribution in [1.29, 1.82) is 0 Å². The third-order valence-electron chi connectivity index (χ3n) is 9.38. The van der Waals surface area contributed by atoms with E-state index in [1.54, 1.807) is 13.2 Å². The number of piperazine rings is 1. The summed E-state index contributed by atoms with van der Waals surface area (Å²) in [4.78, 5) is 33.7. The molecule has 4 fully saturated rings. The zero-order valence-electron chi connectivity index (χ0n) is 22.5. The van der Waals surface area contributed by atoms with E-state index in [1.165, 1.54) is 44.2 Å². The van der Waals surface area contributed by atoms with Gasteiger partial charge in [-0.1, -0.05) is 30.9 Å². The van der Waals surface area contributed by atoms with Gasteiger partial charge in [-0.3, -0.25) is 14.5 Å². The number of carbonyl (C=O) groups is 2. The first kappa shape index (κ1) is 27.8. The second kappa shape index (κ2) is 12.6. The van der Waals surface area contributed by atoms with Gasteiger partial charge < -0.3 is 19.9 Å². The molecular weight excluding hydrogens is 507 g/mol. The van der Waals surface area contributed by atoms with Gasteiger partial charge in [0, 0.05) is 43.3 Å². The lowest BCUT2D eigenvalue weighted by Gasteiger charge is -2.50. The Morgan fingerprint density at radius 2 is 1.74 bits per heavy atom. The molecule has 0 spiro atoms. The Kier molecular flexibility index (Phi) is 9.24. The van der Waals surface area contributed by atoms with Crippen LogP contribution in [0.15, 0.2) is 18.2 Å². The fourth-order valence-electron chi connectivity index (χ4n) is 7.57. The number of methoxy groups -OCH3 is 1. The Balaban J connectivity index is 1.35. The number of piperidine rings is 1. The molecule has 1 aromatic carbocycles. The van der Waals surface area contributed by atoms with E-state index in [0.29, 0.717) is 24.2 Å². The van der Waals surface area contributed by atoms with Crippen molar-refractivity contribution < 1.29 is 18.7 Å². The van der Waals surface area contributed by atoms with Gasteiger partial charge in [0.25, 0.3) is 0 Å². The predicted molar refractivity (Wildman–Crippen MR) is 147 cm³/mol. The number of amides is 2. The standard InChI is InChI=1S/C29H42ClFN4O3/c1-38-19-27(36)34-16-17-35(26-9-5-8-25(26)34)28(29(37)32-24-11-10-21(30)18-23(24)31)20-12-14-33(15-13-20)22-6-3-2-4-7-22/h10-11,18,20,22,25-26,28H,2-9,12-17,19H2,1H3,(H,32,37)/t25-,26+,28?/m1/s1. The topological polar surface area (TPSA) is 65.1 Å². The highest BCUT2D eigenvalue weighted by Crippen LogP contribution is 2.37. The average molecular weight is 549 g/mol. The van der Waals surface area contributed by atoms with E-state index < -0.39 is 5.82 Å². The van der Waals surface area contributed by atoms with Crippen molar-refractivity contribution >= 4 is 29.1 Å². The highest BCUT2D eigenvalue weighted by Gasteiger charge is 2.48. The molecule has 7 nitrogen and oxygen atoms in total. The number of carbonyl (C=O) groups excluding carboxylic acids is 2. The number of benzene rings is 1. The number of rotatable bonds is 7. The molecule has 0 radical (unpaired) electrons. The zero-order valence-corrected chi connectivity index (χ0v) is 23.3. The van der Waals surface area contributed by atoms with Crippen molar-refractivity contribution in [1.82, 2.24) is 14.7 Å². The van der Waals surface area contributed by atoms with Crippen LogP contribution in [0, 0.1) is 11.7 Å². The van der Waals surface area contributed by atoms with Gasteiger partial charge in [0.1, 0.15) is 12.4 Å². The van der Waals surface area contributed by atoms with Crippen LogP contribution >= 0.6 is 11.6 Å². The van der Waals surface area contributed by atoms with E-state index >= 15 is 0 Å². The van der Waals surface area contributed by atoms with E-state index in [0.717, 1.165) is 45.2 Å². The Morgan fingerprint density at radius 1 is 1.00 bits per heavy atom.